The standard InChI is InChI=1S/C8H13F3O/c1-4-5-6-7(2,3)12-8(9,10)11/h5-6H,4H2,1-3H3/b6-5-. The highest BCUT2D eigenvalue weighted by atomic mass is 19.4. The van der Waals surface area contributed by atoms with Crippen LogP contribution in [0.25, 0.3) is 0 Å². The van der Waals surface area contributed by atoms with Crippen LogP contribution in [-0.2, 0) is 4.74 Å². The van der Waals surface area contributed by atoms with Crippen LogP contribution < -0.4 is 0 Å². The van der Waals surface area contributed by atoms with Gasteiger partial charge >= 0.3 is 6.36 Å². The van der Waals surface area contributed by atoms with Gasteiger partial charge in [0.2, 0.25) is 0 Å². The van der Waals surface area contributed by atoms with Crippen LogP contribution >= 0.6 is 0 Å². The molecule has 0 saturated carbocycles. The van der Waals surface area contributed by atoms with Gasteiger partial charge in [0, 0.05) is 0 Å². The highest BCUT2D eigenvalue weighted by molar-refractivity contribution is 4.96. The molecule has 0 aliphatic carbocycles. The minimum Gasteiger partial charge on any atom is -0.282 e. The fourth-order valence-corrected chi connectivity index (χ4v) is 0.734. The van der Waals surface area contributed by atoms with E-state index in [0.717, 1.165) is 0 Å². The zero-order chi connectivity index (χ0) is 9.83. The first-order valence-corrected chi connectivity index (χ1v) is 3.71. The highest BCUT2D eigenvalue weighted by Gasteiger charge is 2.36. The molecular weight excluding hydrogens is 169 g/mol. The van der Waals surface area contributed by atoms with Crippen LogP contribution in [-0.4, -0.2) is 12.0 Å². The van der Waals surface area contributed by atoms with Crippen molar-refractivity contribution in [2.45, 2.75) is 39.2 Å². The summed E-state index contributed by atoms with van der Waals surface area (Å²) < 4.78 is 39.0. The lowest BCUT2D eigenvalue weighted by Gasteiger charge is -2.22. The molecule has 72 valence electrons. The molecule has 0 aromatic carbocycles. The van der Waals surface area contributed by atoms with Crippen molar-refractivity contribution in [3.05, 3.63) is 12.2 Å². The molecule has 0 aromatic heterocycles. The average Bonchev–Trinajstić information content (AvgIpc) is 1.78. The molecule has 0 unspecified atom stereocenters. The lowest BCUT2D eigenvalue weighted by Crippen LogP contribution is -2.30. The molecule has 0 N–H and O–H groups in total. The quantitative estimate of drug-likeness (QED) is 0.608. The lowest BCUT2D eigenvalue weighted by atomic mass is 10.1. The van der Waals surface area contributed by atoms with Crippen molar-refractivity contribution in [1.29, 1.82) is 0 Å². The van der Waals surface area contributed by atoms with Crippen molar-refractivity contribution in [1.82, 2.24) is 0 Å². The van der Waals surface area contributed by atoms with Gasteiger partial charge in [0.1, 0.15) is 0 Å². The van der Waals surface area contributed by atoms with Crippen molar-refractivity contribution in [3.63, 3.8) is 0 Å². The summed E-state index contributed by atoms with van der Waals surface area (Å²) in [4.78, 5) is 0. The molecule has 0 saturated heterocycles. The minimum absolute atomic E-state index is 0.699. The third-order valence-corrected chi connectivity index (χ3v) is 1.13. The summed E-state index contributed by atoms with van der Waals surface area (Å²) >= 11 is 0. The van der Waals surface area contributed by atoms with Crippen LogP contribution in [0.15, 0.2) is 12.2 Å². The maximum Gasteiger partial charge on any atom is 0.523 e. The Morgan fingerprint density at radius 3 is 2.08 bits per heavy atom. The number of allylic oxidation sites excluding steroid dienone is 1. The van der Waals surface area contributed by atoms with Crippen LogP contribution in [0.2, 0.25) is 0 Å². The smallest absolute Gasteiger partial charge is 0.282 e. The zero-order valence-electron chi connectivity index (χ0n) is 7.40. The SMILES string of the molecule is CC/C=C\C(C)(C)OC(F)(F)F. The van der Waals surface area contributed by atoms with Gasteiger partial charge in [0.15, 0.2) is 0 Å². The van der Waals surface area contributed by atoms with Gasteiger partial charge in [-0.15, -0.1) is 13.2 Å². The van der Waals surface area contributed by atoms with Crippen molar-refractivity contribution in [2.75, 3.05) is 0 Å². The predicted octanol–water partition coefficient (Wildman–Crippen LogP) is 3.27. The maximum absolute atomic E-state index is 11.7. The minimum atomic E-state index is -4.57. The monoisotopic (exact) mass is 182 g/mol. The van der Waals surface area contributed by atoms with E-state index in [1.807, 2.05) is 6.92 Å². The van der Waals surface area contributed by atoms with Crippen molar-refractivity contribution < 1.29 is 17.9 Å². The summed E-state index contributed by atoms with van der Waals surface area (Å²) in [5.41, 5.74) is -1.27. The number of ether oxygens (including phenoxy) is 1. The van der Waals surface area contributed by atoms with E-state index in [1.54, 1.807) is 6.08 Å². The largest absolute Gasteiger partial charge is 0.523 e. The highest BCUT2D eigenvalue weighted by Crippen LogP contribution is 2.25. The molecule has 1 nitrogen and oxygen atoms in total. The van der Waals surface area contributed by atoms with Gasteiger partial charge < -0.3 is 0 Å². The number of hydrogen-bond donors (Lipinski definition) is 0. The summed E-state index contributed by atoms with van der Waals surface area (Å²) in [6.45, 7) is 4.58. The van der Waals surface area contributed by atoms with Crippen LogP contribution in [0, 0.1) is 0 Å². The van der Waals surface area contributed by atoms with E-state index in [9.17, 15) is 13.2 Å². The Balaban J connectivity index is 4.13. The molecule has 4 heteroatoms. The summed E-state index contributed by atoms with van der Waals surface area (Å²) in [6.07, 6.45) is -0.821. The van der Waals surface area contributed by atoms with E-state index in [2.05, 4.69) is 4.74 Å². The molecule has 0 rings (SSSR count). The third kappa shape index (κ3) is 6.22. The van der Waals surface area contributed by atoms with E-state index in [1.165, 1.54) is 19.9 Å². The fraction of sp³-hybridized carbons (Fsp3) is 0.750. The first kappa shape index (κ1) is 11.5. The van der Waals surface area contributed by atoms with Crippen LogP contribution in [0.3, 0.4) is 0 Å². The molecule has 0 amide bonds. The molecule has 0 heterocycles. The van der Waals surface area contributed by atoms with Crippen molar-refractivity contribution >= 4 is 0 Å². The Labute approximate surface area is 70.2 Å². The van der Waals surface area contributed by atoms with Gasteiger partial charge in [-0.2, -0.15) is 0 Å². The topological polar surface area (TPSA) is 9.23 Å². The Kier molecular flexibility index (Phi) is 3.77. The normalized spacial score (nSPS) is 14.2. The first-order valence-electron chi connectivity index (χ1n) is 3.71. The fourth-order valence-electron chi connectivity index (χ4n) is 0.734. The molecule has 0 fully saturated rings. The Bertz CT molecular complexity index is 158. The van der Waals surface area contributed by atoms with E-state index in [-0.39, 0.29) is 0 Å². The summed E-state index contributed by atoms with van der Waals surface area (Å²) in [7, 11) is 0. The first-order chi connectivity index (χ1) is 5.27. The van der Waals surface area contributed by atoms with Gasteiger partial charge in [-0.05, 0) is 20.3 Å². The molecule has 0 radical (unpaired) electrons. The van der Waals surface area contributed by atoms with Gasteiger partial charge in [-0.25, -0.2) is 0 Å². The molecule has 0 aliphatic rings. The third-order valence-electron chi connectivity index (χ3n) is 1.13. The predicted molar refractivity (Wildman–Crippen MR) is 40.7 cm³/mol. The number of halogens is 3. The van der Waals surface area contributed by atoms with Crippen molar-refractivity contribution in [2.24, 2.45) is 0 Å². The van der Waals surface area contributed by atoms with Gasteiger partial charge in [-0.1, -0.05) is 19.1 Å². The molecule has 0 aliphatic heterocycles. The molecule has 12 heavy (non-hydrogen) atoms. The molecular formula is C8H13F3O. The van der Waals surface area contributed by atoms with Crippen LogP contribution in [0.4, 0.5) is 13.2 Å². The van der Waals surface area contributed by atoms with Gasteiger partial charge in [-0.3, -0.25) is 4.74 Å². The van der Waals surface area contributed by atoms with E-state index in [4.69, 9.17) is 0 Å². The van der Waals surface area contributed by atoms with Crippen molar-refractivity contribution in [3.8, 4) is 0 Å². The average molecular weight is 182 g/mol. The molecule has 0 atom stereocenters. The van der Waals surface area contributed by atoms with Gasteiger partial charge in [0.25, 0.3) is 0 Å². The molecule has 0 bridgehead atoms. The summed E-state index contributed by atoms with van der Waals surface area (Å²) in [5, 5.41) is 0. The molecule has 0 aromatic rings. The molecule has 0 spiro atoms. The number of alkyl halides is 3. The second-order valence-corrected chi connectivity index (χ2v) is 2.96. The summed E-state index contributed by atoms with van der Waals surface area (Å²) in [5.74, 6) is 0. The van der Waals surface area contributed by atoms with E-state index in [0.29, 0.717) is 6.42 Å². The Morgan fingerprint density at radius 1 is 1.25 bits per heavy atom. The zero-order valence-corrected chi connectivity index (χ0v) is 7.40. The second-order valence-electron chi connectivity index (χ2n) is 2.96. The Morgan fingerprint density at radius 2 is 1.75 bits per heavy atom. The number of rotatable bonds is 3. The summed E-state index contributed by atoms with van der Waals surface area (Å²) in [6, 6.07) is 0. The second kappa shape index (κ2) is 3.94. The van der Waals surface area contributed by atoms with Crippen LogP contribution in [0.1, 0.15) is 27.2 Å². The van der Waals surface area contributed by atoms with Gasteiger partial charge in [0.05, 0.1) is 5.60 Å². The lowest BCUT2D eigenvalue weighted by molar-refractivity contribution is -0.352. The van der Waals surface area contributed by atoms with Crippen LogP contribution in [0.5, 0.6) is 0 Å². The van der Waals surface area contributed by atoms with E-state index < -0.39 is 12.0 Å². The maximum atomic E-state index is 11.7. The Hall–Kier alpha value is -0.510. The van der Waals surface area contributed by atoms with E-state index >= 15 is 0 Å². The number of hydrogen-bond acceptors (Lipinski definition) is 1.